The van der Waals surface area contributed by atoms with Crippen LogP contribution in [0.4, 0.5) is 5.69 Å². The van der Waals surface area contributed by atoms with Crippen LogP contribution in [0.15, 0.2) is 33.6 Å². The molecule has 1 aromatic carbocycles. The Morgan fingerprint density at radius 3 is 2.71 bits per heavy atom. The van der Waals surface area contributed by atoms with E-state index in [0.29, 0.717) is 5.69 Å². The van der Waals surface area contributed by atoms with Crippen molar-refractivity contribution in [2.24, 2.45) is 9.81 Å². The summed E-state index contributed by atoms with van der Waals surface area (Å²) < 4.78 is 33.2. The smallest absolute Gasteiger partial charge is 0.285 e. The summed E-state index contributed by atoms with van der Waals surface area (Å²) >= 11 is 3.61. The third kappa shape index (κ3) is 2.86. The number of nitrogens with zero attached hydrogens (tertiary/aromatic N) is 2. The summed E-state index contributed by atoms with van der Waals surface area (Å²) in [6.07, 6.45) is 3.35. The van der Waals surface area contributed by atoms with Crippen LogP contribution in [0.3, 0.4) is 0 Å². The van der Waals surface area contributed by atoms with Gasteiger partial charge >= 0.3 is 0 Å². The Balaban J connectivity index is 1.93. The fourth-order valence-electron chi connectivity index (χ4n) is 2.78. The molecule has 1 saturated heterocycles. The summed E-state index contributed by atoms with van der Waals surface area (Å²) in [5.41, 5.74) is 0.790. The van der Waals surface area contributed by atoms with E-state index in [-0.39, 0.29) is 10.3 Å². The van der Waals surface area contributed by atoms with Gasteiger partial charge in [-0.1, -0.05) is 28.1 Å². The minimum absolute atomic E-state index is 0.0818. The molecule has 0 saturated carbocycles. The minimum Gasteiger partial charge on any atom is -0.381 e. The number of ether oxygens (including phenoxy) is 1. The summed E-state index contributed by atoms with van der Waals surface area (Å²) in [4.78, 5) is 2.23. The number of para-hydroxylation sites is 1. The maximum Gasteiger partial charge on any atom is 0.285 e. The lowest BCUT2D eigenvalue weighted by atomic mass is 9.82. The van der Waals surface area contributed by atoms with Crippen LogP contribution in [0, 0.1) is 5.41 Å². The Labute approximate surface area is 133 Å². The predicted molar refractivity (Wildman–Crippen MR) is 85.7 cm³/mol. The molecule has 0 bridgehead atoms. The molecule has 0 N–H and O–H groups in total. The van der Waals surface area contributed by atoms with Crippen molar-refractivity contribution < 1.29 is 13.2 Å². The first-order valence-corrected chi connectivity index (χ1v) is 9.42. The molecule has 1 fully saturated rings. The van der Waals surface area contributed by atoms with Gasteiger partial charge in [0.15, 0.2) is 0 Å². The molecule has 2 heterocycles. The summed E-state index contributed by atoms with van der Waals surface area (Å²) in [6.45, 7) is 2.23. The van der Waals surface area contributed by atoms with Crippen LogP contribution < -0.4 is 4.90 Å². The first-order chi connectivity index (χ1) is 10.1. The van der Waals surface area contributed by atoms with Crippen molar-refractivity contribution in [3.8, 4) is 0 Å². The van der Waals surface area contributed by atoms with E-state index in [4.69, 9.17) is 4.74 Å². The molecule has 0 atom stereocenters. The van der Waals surface area contributed by atoms with Crippen LogP contribution in [0.25, 0.3) is 0 Å². The lowest BCUT2D eigenvalue weighted by Gasteiger charge is -2.40. The molecule has 0 amide bonds. The number of alkyl halides is 1. The van der Waals surface area contributed by atoms with Crippen LogP contribution in [0.5, 0.6) is 0 Å². The lowest BCUT2D eigenvalue weighted by molar-refractivity contribution is 0.0312. The van der Waals surface area contributed by atoms with Gasteiger partial charge < -0.3 is 9.64 Å². The number of hydrogen-bond acceptors (Lipinski definition) is 4. The molecular formula is C14H17BrN2O3S. The number of halogens is 1. The molecular weight excluding hydrogens is 356 g/mol. The first-order valence-electron chi connectivity index (χ1n) is 6.86. The lowest BCUT2D eigenvalue weighted by Crippen LogP contribution is -2.43. The molecule has 5 nitrogen and oxygen atoms in total. The number of hydrogen-bond donors (Lipinski definition) is 0. The topological polar surface area (TPSA) is 59.0 Å². The second-order valence-electron chi connectivity index (χ2n) is 5.54. The molecule has 0 unspecified atom stereocenters. The molecule has 0 aliphatic carbocycles. The minimum atomic E-state index is -3.55. The van der Waals surface area contributed by atoms with Gasteiger partial charge in [-0.05, 0) is 25.0 Å². The summed E-state index contributed by atoms with van der Waals surface area (Å²) in [5.74, 6) is 0. The number of anilines is 1. The Morgan fingerprint density at radius 1 is 1.29 bits per heavy atom. The van der Waals surface area contributed by atoms with E-state index in [2.05, 4.69) is 20.3 Å². The molecule has 21 heavy (non-hydrogen) atoms. The van der Waals surface area contributed by atoms with Crippen molar-refractivity contribution in [1.82, 2.24) is 0 Å². The zero-order chi connectivity index (χ0) is 14.9. The van der Waals surface area contributed by atoms with Gasteiger partial charge in [0.25, 0.3) is 10.0 Å². The summed E-state index contributed by atoms with van der Waals surface area (Å²) in [7, 11) is -3.55. The van der Waals surface area contributed by atoms with Gasteiger partial charge in [-0.2, -0.15) is 8.42 Å². The van der Waals surface area contributed by atoms with E-state index in [9.17, 15) is 8.42 Å². The highest BCUT2D eigenvalue weighted by atomic mass is 79.9. The van der Waals surface area contributed by atoms with Crippen LogP contribution in [0.2, 0.25) is 0 Å². The maximum atomic E-state index is 12.0. The van der Waals surface area contributed by atoms with Gasteiger partial charge in [0.05, 0.1) is 5.69 Å². The Morgan fingerprint density at radius 2 is 2.00 bits per heavy atom. The number of benzene rings is 1. The van der Waals surface area contributed by atoms with E-state index in [1.807, 2.05) is 17.0 Å². The molecule has 0 radical (unpaired) electrons. The Hall–Kier alpha value is -0.920. The van der Waals surface area contributed by atoms with Crippen molar-refractivity contribution in [1.29, 1.82) is 0 Å². The van der Waals surface area contributed by atoms with Gasteiger partial charge in [0.1, 0.15) is 11.2 Å². The largest absolute Gasteiger partial charge is 0.381 e. The second kappa shape index (κ2) is 5.70. The van der Waals surface area contributed by atoms with Gasteiger partial charge in [0.2, 0.25) is 0 Å². The number of rotatable bonds is 3. The zero-order valence-corrected chi connectivity index (χ0v) is 13.9. The van der Waals surface area contributed by atoms with Crippen LogP contribution in [-0.2, 0) is 14.8 Å². The van der Waals surface area contributed by atoms with Crippen LogP contribution in [-0.4, -0.2) is 39.8 Å². The van der Waals surface area contributed by atoms with Gasteiger partial charge in [-0.25, -0.2) is 0 Å². The summed E-state index contributed by atoms with van der Waals surface area (Å²) in [6, 6.07) is 7.02. The molecule has 2 aliphatic rings. The van der Waals surface area contributed by atoms with E-state index < -0.39 is 10.0 Å². The molecule has 3 rings (SSSR count). The normalized spacial score (nSPS) is 22.8. The standard InChI is InChI=1S/C14H17BrN2O3S/c15-9-14(5-7-20-8-6-14)10-17-11-16-21(18,19)13-4-2-1-3-12(13)17/h1-4,11H,5-10H2. The zero-order valence-electron chi connectivity index (χ0n) is 11.5. The second-order valence-corrected chi connectivity index (χ2v) is 7.70. The molecule has 0 spiro atoms. The summed E-state index contributed by atoms with van der Waals surface area (Å²) in [5, 5.41) is 0.864. The highest BCUT2D eigenvalue weighted by Gasteiger charge is 2.35. The highest BCUT2D eigenvalue weighted by molar-refractivity contribution is 9.09. The fraction of sp³-hybridized carbons (Fsp3) is 0.500. The van der Waals surface area contributed by atoms with Crippen LogP contribution in [0.1, 0.15) is 12.8 Å². The Bertz CT molecular complexity index is 654. The third-order valence-electron chi connectivity index (χ3n) is 4.12. The molecule has 7 heteroatoms. The van der Waals surface area contributed by atoms with Crippen molar-refractivity contribution >= 4 is 38.0 Å². The maximum absolute atomic E-state index is 12.0. The SMILES string of the molecule is O=S1(=O)N=CN(CC2(CBr)CCOCC2)c2ccccc21. The van der Waals surface area contributed by atoms with Crippen molar-refractivity contribution in [2.75, 3.05) is 30.0 Å². The van der Waals surface area contributed by atoms with Crippen molar-refractivity contribution in [3.05, 3.63) is 24.3 Å². The van der Waals surface area contributed by atoms with E-state index >= 15 is 0 Å². The average molecular weight is 373 g/mol. The molecule has 0 aromatic heterocycles. The van der Waals surface area contributed by atoms with Crippen LogP contribution >= 0.6 is 15.9 Å². The third-order valence-corrected chi connectivity index (χ3v) is 6.58. The number of fused-ring (bicyclic) bond motifs is 1. The quantitative estimate of drug-likeness (QED) is 0.764. The highest BCUT2D eigenvalue weighted by Crippen LogP contribution is 2.37. The van der Waals surface area contributed by atoms with Gasteiger partial charge in [0, 0.05) is 30.5 Å². The van der Waals surface area contributed by atoms with E-state index in [1.165, 1.54) is 6.34 Å². The number of sulfonamides is 1. The van der Waals surface area contributed by atoms with Gasteiger partial charge in [-0.3, -0.25) is 0 Å². The molecule has 2 aliphatic heterocycles. The van der Waals surface area contributed by atoms with E-state index in [0.717, 1.165) is 37.9 Å². The fourth-order valence-corrected chi connectivity index (χ4v) is 4.57. The molecule has 114 valence electrons. The predicted octanol–water partition coefficient (Wildman–Crippen LogP) is 2.42. The van der Waals surface area contributed by atoms with Crippen molar-refractivity contribution in [2.45, 2.75) is 17.7 Å². The van der Waals surface area contributed by atoms with E-state index in [1.54, 1.807) is 12.1 Å². The average Bonchev–Trinajstić information content (AvgIpc) is 2.52. The molecule has 1 aromatic rings. The Kier molecular flexibility index (Phi) is 4.07. The monoisotopic (exact) mass is 372 g/mol. The van der Waals surface area contributed by atoms with Gasteiger partial charge in [-0.15, -0.1) is 4.40 Å². The van der Waals surface area contributed by atoms with Crippen molar-refractivity contribution in [3.63, 3.8) is 0 Å². The first kappa shape index (κ1) is 15.0.